The van der Waals surface area contributed by atoms with E-state index in [1.807, 2.05) is 26.8 Å². The Kier molecular flexibility index (Phi) is 7.32. The summed E-state index contributed by atoms with van der Waals surface area (Å²) in [5, 5.41) is 20.2. The highest BCUT2D eigenvalue weighted by molar-refractivity contribution is 7.80. The molecule has 2 heterocycles. The van der Waals surface area contributed by atoms with Crippen molar-refractivity contribution in [3.8, 4) is 5.75 Å². The second kappa shape index (κ2) is 9.67. The molecule has 2 aromatic heterocycles. The third kappa shape index (κ3) is 5.13. The SMILES string of the molecule is CN(CCO)c1c(F)c(F)c(OS(=O)CCCc2nnc3cc(C(C)(C)C)[nH]n23)c(F)c1F. The molecular formula is C20H25F4N5O3S. The second-order valence-electron chi connectivity index (χ2n) is 8.50. The van der Waals surface area contributed by atoms with Gasteiger partial charge in [-0.15, -0.1) is 10.2 Å². The molecule has 8 nitrogen and oxygen atoms in total. The van der Waals surface area contributed by atoms with E-state index in [1.54, 1.807) is 4.52 Å². The number of hydrogen-bond acceptors (Lipinski definition) is 6. The lowest BCUT2D eigenvalue weighted by Crippen LogP contribution is -2.25. The van der Waals surface area contributed by atoms with Gasteiger partial charge in [-0.1, -0.05) is 20.8 Å². The molecule has 1 atom stereocenters. The largest absolute Gasteiger partial charge is 0.395 e. The zero-order valence-electron chi connectivity index (χ0n) is 18.6. The van der Waals surface area contributed by atoms with Crippen LogP contribution in [0.1, 0.15) is 38.7 Å². The smallest absolute Gasteiger partial charge is 0.217 e. The number of anilines is 1. The molecule has 0 fully saturated rings. The monoisotopic (exact) mass is 491 g/mol. The number of benzene rings is 1. The molecule has 0 spiro atoms. The zero-order chi connectivity index (χ0) is 24.5. The summed E-state index contributed by atoms with van der Waals surface area (Å²) in [6, 6.07) is 1.87. The molecule has 3 aromatic rings. The standard InChI is InChI=1S/C20H25F4N5O3S/c1-20(2,3)11-10-13-26-25-12(29(13)27-11)6-5-9-33(31)32-19-16(23)14(21)18(15(22)17(19)24)28(4)7-8-30/h10,27,30H,5-9H2,1-4H3. The lowest BCUT2D eigenvalue weighted by molar-refractivity contribution is 0.302. The number of nitrogens with zero attached hydrogens (tertiary/aromatic N) is 4. The number of aromatic nitrogens is 4. The number of fused-ring (bicyclic) bond motifs is 1. The molecule has 0 amide bonds. The predicted octanol–water partition coefficient (Wildman–Crippen LogP) is 3.02. The van der Waals surface area contributed by atoms with Crippen molar-refractivity contribution in [3.05, 3.63) is 40.9 Å². The van der Waals surface area contributed by atoms with Gasteiger partial charge in [0, 0.05) is 37.2 Å². The van der Waals surface area contributed by atoms with Crippen LogP contribution in [-0.2, 0) is 22.9 Å². The van der Waals surface area contributed by atoms with E-state index in [9.17, 15) is 21.8 Å². The molecule has 0 aliphatic rings. The molecule has 182 valence electrons. The number of aromatic amines is 1. The molecule has 33 heavy (non-hydrogen) atoms. The minimum absolute atomic E-state index is 0.131. The van der Waals surface area contributed by atoms with E-state index in [1.165, 1.54) is 0 Å². The Morgan fingerprint density at radius 1 is 1.15 bits per heavy atom. The molecule has 2 N–H and O–H groups in total. The van der Waals surface area contributed by atoms with Crippen molar-refractivity contribution >= 4 is 22.4 Å². The fourth-order valence-electron chi connectivity index (χ4n) is 3.13. The lowest BCUT2D eigenvalue weighted by Gasteiger charge is -2.21. The van der Waals surface area contributed by atoms with E-state index >= 15 is 0 Å². The average molecular weight is 492 g/mol. The first-order valence-corrected chi connectivity index (χ1v) is 11.4. The molecule has 0 saturated heterocycles. The van der Waals surface area contributed by atoms with Crippen molar-refractivity contribution in [1.29, 1.82) is 0 Å². The lowest BCUT2D eigenvalue weighted by atomic mass is 9.93. The Hall–Kier alpha value is -2.67. The quantitative estimate of drug-likeness (QED) is 0.353. The first-order valence-electron chi connectivity index (χ1n) is 10.1. The number of aliphatic hydroxyl groups is 1. The maximum Gasteiger partial charge on any atom is 0.217 e. The number of nitrogens with one attached hydrogen (secondary N) is 1. The third-order valence-corrected chi connectivity index (χ3v) is 5.95. The Bertz CT molecular complexity index is 1150. The number of aryl methyl sites for hydroxylation is 1. The summed E-state index contributed by atoms with van der Waals surface area (Å²) in [5.74, 6) is -8.02. The second-order valence-corrected chi connectivity index (χ2v) is 9.69. The normalized spacial score (nSPS) is 13.0. The van der Waals surface area contributed by atoms with Crippen molar-refractivity contribution < 1.29 is 31.1 Å². The van der Waals surface area contributed by atoms with Crippen LogP contribution in [0.2, 0.25) is 0 Å². The van der Waals surface area contributed by atoms with Gasteiger partial charge in [0.2, 0.25) is 28.5 Å². The third-order valence-electron chi connectivity index (χ3n) is 4.97. The number of H-pyrrole nitrogens is 1. The van der Waals surface area contributed by atoms with Crippen molar-refractivity contribution in [2.75, 3.05) is 30.9 Å². The molecule has 13 heteroatoms. The molecule has 0 radical (unpaired) electrons. The minimum atomic E-state index is -2.27. The Balaban J connectivity index is 1.68. The van der Waals surface area contributed by atoms with Crippen LogP contribution in [0.3, 0.4) is 0 Å². The van der Waals surface area contributed by atoms with E-state index in [0.29, 0.717) is 17.9 Å². The number of rotatable bonds is 9. The molecule has 0 bridgehead atoms. The predicted molar refractivity (Wildman–Crippen MR) is 115 cm³/mol. The summed E-state index contributed by atoms with van der Waals surface area (Å²) in [7, 11) is 1.16. The van der Waals surface area contributed by atoms with Crippen molar-refractivity contribution in [3.63, 3.8) is 0 Å². The number of aliphatic hydroxyl groups excluding tert-OH is 1. The first kappa shape index (κ1) is 25.0. The summed E-state index contributed by atoms with van der Waals surface area (Å²) in [4.78, 5) is 0.822. The summed E-state index contributed by atoms with van der Waals surface area (Å²) in [6.45, 7) is 5.36. The van der Waals surface area contributed by atoms with Gasteiger partial charge in [0.05, 0.1) is 12.4 Å². The topological polar surface area (TPSA) is 95.8 Å². The van der Waals surface area contributed by atoms with Crippen LogP contribution in [0.25, 0.3) is 5.65 Å². The fourth-order valence-corrected chi connectivity index (χ4v) is 3.92. The van der Waals surface area contributed by atoms with Crippen LogP contribution in [0.5, 0.6) is 5.75 Å². The Labute approximate surface area is 190 Å². The minimum Gasteiger partial charge on any atom is -0.395 e. The molecular weight excluding hydrogens is 466 g/mol. The van der Waals surface area contributed by atoms with Crippen LogP contribution in [0, 0.1) is 23.3 Å². The van der Waals surface area contributed by atoms with E-state index < -0.39 is 52.4 Å². The first-order chi connectivity index (χ1) is 15.5. The summed E-state index contributed by atoms with van der Waals surface area (Å²) in [5.41, 5.74) is 0.444. The number of likely N-dealkylation sites (N-methyl/N-ethyl adjacent to an activating group) is 1. The average Bonchev–Trinajstić information content (AvgIpc) is 3.32. The van der Waals surface area contributed by atoms with Gasteiger partial charge >= 0.3 is 0 Å². The molecule has 3 rings (SSSR count). The van der Waals surface area contributed by atoms with E-state index in [2.05, 4.69) is 15.3 Å². The fraction of sp³-hybridized carbons (Fsp3) is 0.500. The molecule has 0 aliphatic carbocycles. The summed E-state index contributed by atoms with van der Waals surface area (Å²) < 4.78 is 75.8. The van der Waals surface area contributed by atoms with Crippen LogP contribution >= 0.6 is 0 Å². The van der Waals surface area contributed by atoms with Gasteiger partial charge in [0.15, 0.2) is 23.1 Å². The van der Waals surface area contributed by atoms with E-state index in [0.717, 1.165) is 17.6 Å². The van der Waals surface area contributed by atoms with Crippen LogP contribution < -0.4 is 9.08 Å². The highest BCUT2D eigenvalue weighted by Gasteiger charge is 2.30. The van der Waals surface area contributed by atoms with Gasteiger partial charge < -0.3 is 14.2 Å². The highest BCUT2D eigenvalue weighted by Crippen LogP contribution is 2.35. The Morgan fingerprint density at radius 2 is 1.79 bits per heavy atom. The zero-order valence-corrected chi connectivity index (χ0v) is 19.4. The molecule has 0 saturated carbocycles. The van der Waals surface area contributed by atoms with Gasteiger partial charge in [-0.25, -0.2) is 17.5 Å². The highest BCUT2D eigenvalue weighted by atomic mass is 32.2. The van der Waals surface area contributed by atoms with Gasteiger partial charge in [-0.05, 0) is 6.42 Å². The van der Waals surface area contributed by atoms with E-state index in [4.69, 9.17) is 9.29 Å². The Morgan fingerprint density at radius 3 is 2.36 bits per heavy atom. The van der Waals surface area contributed by atoms with Crippen LogP contribution in [-0.4, -0.2) is 55.1 Å². The number of halogens is 4. The summed E-state index contributed by atoms with van der Waals surface area (Å²) >= 11 is -2.27. The van der Waals surface area contributed by atoms with Gasteiger partial charge in [-0.3, -0.25) is 5.10 Å². The summed E-state index contributed by atoms with van der Waals surface area (Å²) in [6.07, 6.45) is 0.557. The van der Waals surface area contributed by atoms with Gasteiger partial charge in [0.25, 0.3) is 0 Å². The van der Waals surface area contributed by atoms with Crippen LogP contribution in [0.4, 0.5) is 23.2 Å². The van der Waals surface area contributed by atoms with Crippen LogP contribution in [0.15, 0.2) is 6.07 Å². The maximum absolute atomic E-state index is 14.3. The molecule has 0 aliphatic heterocycles. The maximum atomic E-state index is 14.3. The van der Waals surface area contributed by atoms with Gasteiger partial charge in [-0.2, -0.15) is 8.78 Å². The molecule has 1 unspecified atom stereocenters. The van der Waals surface area contributed by atoms with E-state index in [-0.39, 0.29) is 24.1 Å². The van der Waals surface area contributed by atoms with Crippen molar-refractivity contribution in [2.45, 2.75) is 39.0 Å². The molecule has 1 aromatic carbocycles. The number of hydrogen-bond donors (Lipinski definition) is 2. The van der Waals surface area contributed by atoms with Gasteiger partial charge in [0.1, 0.15) is 5.69 Å². The van der Waals surface area contributed by atoms with Crippen molar-refractivity contribution in [2.24, 2.45) is 0 Å². The van der Waals surface area contributed by atoms with Crippen molar-refractivity contribution in [1.82, 2.24) is 19.8 Å².